The van der Waals surface area contributed by atoms with Crippen molar-refractivity contribution in [2.24, 2.45) is 0 Å². The molecule has 1 rings (SSSR count). The zero-order valence-electron chi connectivity index (χ0n) is 12.9. The summed E-state index contributed by atoms with van der Waals surface area (Å²) in [7, 11) is 0. The number of nitrogens with zero attached hydrogens (tertiary/aromatic N) is 2. The average Bonchev–Trinajstić information content (AvgIpc) is 2.85. The van der Waals surface area contributed by atoms with Crippen molar-refractivity contribution in [3.8, 4) is 0 Å². The van der Waals surface area contributed by atoms with Crippen LogP contribution in [0.3, 0.4) is 0 Å². The molecule has 1 aromatic heterocycles. The van der Waals surface area contributed by atoms with Crippen LogP contribution in [0.2, 0.25) is 0 Å². The van der Waals surface area contributed by atoms with Gasteiger partial charge >= 0.3 is 0 Å². The second-order valence-corrected chi connectivity index (χ2v) is 6.05. The molecule has 0 aliphatic heterocycles. The van der Waals surface area contributed by atoms with E-state index in [4.69, 9.17) is 0 Å². The predicted octanol–water partition coefficient (Wildman–Crippen LogP) is 2.80. The third kappa shape index (κ3) is 3.55. The van der Waals surface area contributed by atoms with Crippen LogP contribution in [0.5, 0.6) is 0 Å². The fraction of sp³-hybridized carbons (Fsp3) is 0.786. The molecule has 1 amide bonds. The van der Waals surface area contributed by atoms with Crippen LogP contribution in [-0.2, 0) is 5.41 Å². The maximum atomic E-state index is 12.2. The molecule has 0 radical (unpaired) electrons. The van der Waals surface area contributed by atoms with Crippen LogP contribution in [0, 0.1) is 0 Å². The number of rotatable bonds is 5. The highest BCUT2D eigenvalue weighted by Crippen LogP contribution is 2.20. The van der Waals surface area contributed by atoms with Crippen molar-refractivity contribution in [3.05, 3.63) is 11.6 Å². The monoisotopic (exact) mass is 266 g/mol. The summed E-state index contributed by atoms with van der Waals surface area (Å²) < 4.78 is 0. The Morgan fingerprint density at radius 2 is 1.68 bits per heavy atom. The van der Waals surface area contributed by atoms with Gasteiger partial charge in [-0.25, -0.2) is 4.98 Å². The molecule has 0 spiro atoms. The van der Waals surface area contributed by atoms with Crippen LogP contribution in [0.15, 0.2) is 0 Å². The minimum atomic E-state index is -0.197. The highest BCUT2D eigenvalue weighted by atomic mass is 16.2. The molecule has 2 N–H and O–H groups in total. The van der Waals surface area contributed by atoms with Gasteiger partial charge < -0.3 is 5.32 Å². The lowest BCUT2D eigenvalue weighted by molar-refractivity contribution is 0.0877. The van der Waals surface area contributed by atoms with Gasteiger partial charge in [-0.2, -0.15) is 0 Å². The molecule has 0 aliphatic carbocycles. The molecule has 0 atom stereocenters. The zero-order valence-corrected chi connectivity index (χ0v) is 12.9. The minimum Gasteiger partial charge on any atom is -0.344 e. The van der Waals surface area contributed by atoms with Crippen LogP contribution in [0.25, 0.3) is 0 Å². The lowest BCUT2D eigenvalue weighted by Gasteiger charge is -2.31. The van der Waals surface area contributed by atoms with E-state index in [1.807, 2.05) is 20.8 Å². The predicted molar refractivity (Wildman–Crippen MR) is 76.2 cm³/mol. The fourth-order valence-corrected chi connectivity index (χ4v) is 2.01. The number of nitrogens with one attached hydrogen (secondary N) is 2. The standard InChI is InChI=1S/C14H26N4O/c1-7-14(8-2,9-3)16-11(19)10-15-12(18-17-10)13(4,5)6/h7-9H2,1-6H3,(H,16,19)(H,15,17,18). The van der Waals surface area contributed by atoms with E-state index in [2.05, 4.69) is 41.3 Å². The Morgan fingerprint density at radius 1 is 1.16 bits per heavy atom. The Hall–Kier alpha value is -1.39. The topological polar surface area (TPSA) is 70.7 Å². The molecule has 0 aromatic carbocycles. The first-order valence-electron chi connectivity index (χ1n) is 7.03. The SMILES string of the molecule is CCC(CC)(CC)NC(=O)c1n[nH]c(C(C)(C)C)n1. The summed E-state index contributed by atoms with van der Waals surface area (Å²) in [5.74, 6) is 0.759. The summed E-state index contributed by atoms with van der Waals surface area (Å²) in [5, 5.41) is 9.94. The number of aromatic amines is 1. The maximum absolute atomic E-state index is 12.2. The highest BCUT2D eigenvalue weighted by molar-refractivity contribution is 5.90. The summed E-state index contributed by atoms with van der Waals surface area (Å²) in [5.41, 5.74) is -0.289. The van der Waals surface area contributed by atoms with Gasteiger partial charge in [0.1, 0.15) is 5.82 Å². The van der Waals surface area contributed by atoms with Crippen molar-refractivity contribution in [3.63, 3.8) is 0 Å². The number of hydrogen-bond donors (Lipinski definition) is 2. The molecule has 0 fully saturated rings. The van der Waals surface area contributed by atoms with Gasteiger partial charge in [-0.1, -0.05) is 41.5 Å². The van der Waals surface area contributed by atoms with E-state index in [0.29, 0.717) is 0 Å². The molecule has 0 saturated carbocycles. The molecule has 19 heavy (non-hydrogen) atoms. The zero-order chi connectivity index (χ0) is 14.7. The van der Waals surface area contributed by atoms with Crippen LogP contribution in [0.4, 0.5) is 0 Å². The lowest BCUT2D eigenvalue weighted by atomic mass is 9.90. The molecule has 1 heterocycles. The number of amides is 1. The molecule has 0 bridgehead atoms. The molecule has 5 nitrogen and oxygen atoms in total. The Bertz CT molecular complexity index is 419. The maximum Gasteiger partial charge on any atom is 0.291 e. The number of carbonyl (C=O) groups is 1. The third-order valence-corrected chi connectivity index (χ3v) is 3.81. The summed E-state index contributed by atoms with van der Waals surface area (Å²) in [6.07, 6.45) is 2.72. The van der Waals surface area contributed by atoms with Gasteiger partial charge in [0.2, 0.25) is 5.82 Å². The van der Waals surface area contributed by atoms with E-state index in [0.717, 1.165) is 25.1 Å². The van der Waals surface area contributed by atoms with E-state index >= 15 is 0 Å². The summed E-state index contributed by atoms with van der Waals surface area (Å²) in [6.45, 7) is 12.4. The van der Waals surface area contributed by atoms with Crippen molar-refractivity contribution in [2.45, 2.75) is 71.8 Å². The summed E-state index contributed by atoms with van der Waals surface area (Å²) in [4.78, 5) is 16.5. The molecular weight excluding hydrogens is 240 g/mol. The largest absolute Gasteiger partial charge is 0.344 e. The Labute approximate surface area is 115 Å². The van der Waals surface area contributed by atoms with Gasteiger partial charge in [0, 0.05) is 11.0 Å². The van der Waals surface area contributed by atoms with E-state index in [-0.39, 0.29) is 22.7 Å². The molecule has 0 unspecified atom stereocenters. The molecular formula is C14H26N4O. The van der Waals surface area contributed by atoms with E-state index in [9.17, 15) is 4.79 Å². The minimum absolute atomic E-state index is 0.136. The summed E-state index contributed by atoms with van der Waals surface area (Å²) in [6, 6.07) is 0. The van der Waals surface area contributed by atoms with E-state index in [1.54, 1.807) is 0 Å². The van der Waals surface area contributed by atoms with E-state index < -0.39 is 0 Å². The van der Waals surface area contributed by atoms with Crippen molar-refractivity contribution >= 4 is 5.91 Å². The number of aromatic nitrogens is 3. The molecule has 0 saturated heterocycles. The Morgan fingerprint density at radius 3 is 2.05 bits per heavy atom. The second-order valence-electron chi connectivity index (χ2n) is 6.05. The summed E-state index contributed by atoms with van der Waals surface area (Å²) >= 11 is 0. The van der Waals surface area contributed by atoms with Gasteiger partial charge in [-0.05, 0) is 19.3 Å². The van der Waals surface area contributed by atoms with E-state index in [1.165, 1.54) is 0 Å². The normalized spacial score (nSPS) is 12.5. The van der Waals surface area contributed by atoms with Gasteiger partial charge in [-0.3, -0.25) is 9.89 Å². The van der Waals surface area contributed by atoms with Crippen LogP contribution in [-0.4, -0.2) is 26.6 Å². The van der Waals surface area contributed by atoms with Crippen molar-refractivity contribution in [1.82, 2.24) is 20.5 Å². The van der Waals surface area contributed by atoms with Gasteiger partial charge in [0.05, 0.1) is 0 Å². The lowest BCUT2D eigenvalue weighted by Crippen LogP contribution is -2.47. The van der Waals surface area contributed by atoms with Crippen molar-refractivity contribution in [2.75, 3.05) is 0 Å². The quantitative estimate of drug-likeness (QED) is 0.861. The van der Waals surface area contributed by atoms with Crippen LogP contribution in [0.1, 0.15) is 77.2 Å². The van der Waals surface area contributed by atoms with Crippen molar-refractivity contribution < 1.29 is 4.79 Å². The molecule has 5 heteroatoms. The first kappa shape index (κ1) is 15.7. The van der Waals surface area contributed by atoms with Gasteiger partial charge in [0.15, 0.2) is 0 Å². The van der Waals surface area contributed by atoms with Crippen LogP contribution >= 0.6 is 0 Å². The molecule has 1 aromatic rings. The first-order chi connectivity index (χ1) is 8.78. The fourth-order valence-electron chi connectivity index (χ4n) is 2.01. The second kappa shape index (κ2) is 5.72. The third-order valence-electron chi connectivity index (χ3n) is 3.81. The Kier molecular flexibility index (Phi) is 4.71. The van der Waals surface area contributed by atoms with Crippen LogP contribution < -0.4 is 5.32 Å². The number of H-pyrrole nitrogens is 1. The average molecular weight is 266 g/mol. The van der Waals surface area contributed by atoms with Gasteiger partial charge in [-0.15, -0.1) is 5.10 Å². The van der Waals surface area contributed by atoms with Crippen molar-refractivity contribution in [1.29, 1.82) is 0 Å². The first-order valence-corrected chi connectivity index (χ1v) is 7.03. The number of carbonyl (C=O) groups excluding carboxylic acids is 1. The van der Waals surface area contributed by atoms with Gasteiger partial charge in [0.25, 0.3) is 5.91 Å². The Balaban J connectivity index is 2.87. The molecule has 108 valence electrons. The number of hydrogen-bond acceptors (Lipinski definition) is 3. The highest BCUT2D eigenvalue weighted by Gasteiger charge is 2.28. The molecule has 0 aliphatic rings. The smallest absolute Gasteiger partial charge is 0.291 e.